The lowest BCUT2D eigenvalue weighted by atomic mass is 9.57. The number of aliphatic hydroxyl groups excluding tert-OH is 1. The number of amides is 5. The summed E-state index contributed by atoms with van der Waals surface area (Å²) in [7, 11) is 1.86. The van der Waals surface area contributed by atoms with Crippen LogP contribution in [0.4, 0.5) is 27.7 Å². The van der Waals surface area contributed by atoms with Gasteiger partial charge in [-0.25, -0.2) is 19.3 Å². The van der Waals surface area contributed by atoms with E-state index in [4.69, 9.17) is 16.7 Å². The van der Waals surface area contributed by atoms with Crippen molar-refractivity contribution >= 4 is 63.9 Å². The summed E-state index contributed by atoms with van der Waals surface area (Å²) >= 11 is 6.56. The fraction of sp³-hybridized carbons (Fsp3) is 0.553. The predicted molar refractivity (Wildman–Crippen MR) is 247 cm³/mol. The number of imide groups is 1. The summed E-state index contributed by atoms with van der Waals surface area (Å²) in [5.74, 6) is 0.681. The molecule has 1 aromatic carbocycles. The lowest BCUT2D eigenvalue weighted by molar-refractivity contribution is -0.120. The number of piperazine rings is 1. The molecule has 7 heterocycles. The molecule has 2 aliphatic carbocycles. The van der Waals surface area contributed by atoms with Gasteiger partial charge < -0.3 is 25.5 Å². The summed E-state index contributed by atoms with van der Waals surface area (Å²) < 4.78 is 1.67. The highest BCUT2D eigenvalue weighted by atomic mass is 35.5. The molecule has 2 unspecified atom stereocenters. The summed E-state index contributed by atoms with van der Waals surface area (Å²) in [5, 5.41) is 24.8. The summed E-state index contributed by atoms with van der Waals surface area (Å²) in [5.41, 5.74) is 6.87. The Balaban J connectivity index is 0.747. The molecule has 1 spiro atoms. The highest BCUT2D eigenvalue weighted by molar-refractivity contribution is 6.34. The van der Waals surface area contributed by atoms with Gasteiger partial charge in [0.1, 0.15) is 5.69 Å². The van der Waals surface area contributed by atoms with Crippen LogP contribution in [0.25, 0.3) is 5.65 Å². The summed E-state index contributed by atoms with van der Waals surface area (Å²) in [4.78, 5) is 70.9. The summed E-state index contributed by atoms with van der Waals surface area (Å²) in [6, 6.07) is 10.0. The Labute approximate surface area is 383 Å². The smallest absolute Gasteiger partial charge is 0.328 e. The Kier molecular flexibility index (Phi) is 11.7. The number of benzene rings is 1. The number of likely N-dealkylation sites (tertiary alicyclic amines) is 1. The zero-order chi connectivity index (χ0) is 45.1. The molecule has 4 aromatic rings. The number of aryl methyl sites for hydroxylation is 1. The van der Waals surface area contributed by atoms with Gasteiger partial charge >= 0.3 is 6.03 Å². The van der Waals surface area contributed by atoms with E-state index < -0.39 is 6.03 Å². The first-order chi connectivity index (χ1) is 31.4. The Hall–Kier alpha value is -5.36. The molecule has 10 rings (SSSR count). The number of nitrogens with one attached hydrogen (secondary N) is 3. The third-order valence-corrected chi connectivity index (χ3v) is 15.6. The van der Waals surface area contributed by atoms with Gasteiger partial charge in [0.15, 0.2) is 17.2 Å². The fourth-order valence-electron chi connectivity index (χ4n) is 11.4. The average Bonchev–Trinajstić information content (AvgIpc) is 3.91. The summed E-state index contributed by atoms with van der Waals surface area (Å²) in [6.45, 7) is 9.86. The minimum absolute atomic E-state index is 0.0147. The van der Waals surface area contributed by atoms with E-state index in [0.717, 1.165) is 101 Å². The third-order valence-electron chi connectivity index (χ3n) is 15.1. The normalized spacial score (nSPS) is 22.8. The molecule has 3 aromatic heterocycles. The van der Waals surface area contributed by atoms with E-state index in [9.17, 15) is 24.3 Å². The van der Waals surface area contributed by atoms with E-state index in [1.54, 1.807) is 23.7 Å². The molecule has 17 nitrogen and oxygen atoms in total. The maximum Gasteiger partial charge on any atom is 0.328 e. The topological polar surface area (TPSA) is 184 Å². The monoisotopic (exact) mass is 906 g/mol. The largest absolute Gasteiger partial charge is 0.395 e. The van der Waals surface area contributed by atoms with Crippen LogP contribution in [0.5, 0.6) is 0 Å². The molecular formula is C47H59ClN12O5. The maximum atomic E-state index is 13.7. The van der Waals surface area contributed by atoms with Crippen LogP contribution in [0.3, 0.4) is 0 Å². The van der Waals surface area contributed by atoms with Crippen LogP contribution < -0.4 is 25.8 Å². The number of hydrogen-bond donors (Lipinski definition) is 4. The third kappa shape index (κ3) is 8.18. The van der Waals surface area contributed by atoms with Crippen LogP contribution in [0.1, 0.15) is 96.1 Å². The number of halogens is 1. The second-order valence-corrected chi connectivity index (χ2v) is 19.7. The van der Waals surface area contributed by atoms with E-state index >= 15 is 0 Å². The molecule has 2 atom stereocenters. The Morgan fingerprint density at radius 2 is 1.80 bits per heavy atom. The van der Waals surface area contributed by atoms with Crippen LogP contribution in [-0.4, -0.2) is 141 Å². The molecule has 4 N–H and O–H groups in total. The molecule has 6 aliphatic rings. The molecule has 4 aliphatic heterocycles. The van der Waals surface area contributed by atoms with Gasteiger partial charge in [-0.15, -0.1) is 5.10 Å². The molecule has 18 heteroatoms. The summed E-state index contributed by atoms with van der Waals surface area (Å²) in [6.07, 6.45) is 9.94. The molecule has 5 amide bonds. The molecule has 344 valence electrons. The molecule has 2 saturated carbocycles. The van der Waals surface area contributed by atoms with Crippen molar-refractivity contribution in [2.24, 2.45) is 11.3 Å². The van der Waals surface area contributed by atoms with Crippen LogP contribution in [0.2, 0.25) is 5.02 Å². The Bertz CT molecular complexity index is 2530. The van der Waals surface area contributed by atoms with E-state index in [1.807, 2.05) is 18.0 Å². The first-order valence-corrected chi connectivity index (χ1v) is 23.7. The van der Waals surface area contributed by atoms with Gasteiger partial charge in [0.05, 0.1) is 34.9 Å². The standard InChI is InChI=1S/C47H59ClN12O5/c1-28-23-55(24-30-20-47(21-30)12-16-56(17-13-47)45(64)36-18-38(42(48)29(2)51-36)58-15-11-41(62)53-46(58)65)26-33(27-61)59(28)25-31-6-4-9-37-34(31)10-14-57(37)40-19-35(49-3)43-50-22-39(60(43)54-40)44(63)52-32-7-5-8-32/h4,6,9,18-19,22,28,30,32-33,49,61H,5,7-8,10-17,20-21,23-27H2,1-3H3,(H,52,63)(H,53,62,65). The number of fused-ring (bicyclic) bond motifs is 2. The zero-order valence-corrected chi connectivity index (χ0v) is 38.2. The first kappa shape index (κ1) is 43.5. The number of hydrogen-bond acceptors (Lipinski definition) is 12. The molecule has 65 heavy (non-hydrogen) atoms. The number of piperidine rings is 1. The minimum Gasteiger partial charge on any atom is -0.395 e. The van der Waals surface area contributed by atoms with Gasteiger partial charge in [-0.3, -0.25) is 34.4 Å². The highest BCUT2D eigenvalue weighted by Crippen LogP contribution is 2.53. The Morgan fingerprint density at radius 3 is 2.52 bits per heavy atom. The SMILES string of the molecule is CNc1cc(N2CCc3c(CN4C(C)CN(CC5CC6(CCN(C(=O)c7cc(N8CCC(=O)NC8=O)c(Cl)c(C)n7)CC6)C5)CC4CO)cccc32)nn2c(C(=O)NC3CCC3)cnc12. The van der Waals surface area contributed by atoms with Crippen molar-refractivity contribution in [1.82, 2.24) is 44.9 Å². The lowest BCUT2D eigenvalue weighted by Gasteiger charge is -2.54. The number of rotatable bonds is 11. The molecule has 3 saturated heterocycles. The number of urea groups is 1. The number of aliphatic hydroxyl groups is 1. The molecule has 0 bridgehead atoms. The number of carbonyl (C=O) groups excluding carboxylic acids is 4. The van der Waals surface area contributed by atoms with Crippen LogP contribution in [0, 0.1) is 18.3 Å². The fourth-order valence-corrected chi connectivity index (χ4v) is 11.6. The van der Waals surface area contributed by atoms with Gasteiger partial charge in [0.2, 0.25) is 5.91 Å². The van der Waals surface area contributed by atoms with Crippen molar-refractivity contribution in [2.45, 2.75) is 96.3 Å². The molecular weight excluding hydrogens is 848 g/mol. The van der Waals surface area contributed by atoms with Crippen molar-refractivity contribution < 1.29 is 24.3 Å². The van der Waals surface area contributed by atoms with Gasteiger partial charge in [-0.2, -0.15) is 0 Å². The van der Waals surface area contributed by atoms with Gasteiger partial charge in [-0.1, -0.05) is 23.7 Å². The van der Waals surface area contributed by atoms with Gasteiger partial charge in [-0.05, 0) is 99.8 Å². The number of nitrogens with zero attached hydrogens (tertiary/aromatic N) is 9. The van der Waals surface area contributed by atoms with Crippen LogP contribution in [-0.2, 0) is 17.8 Å². The van der Waals surface area contributed by atoms with Gasteiger partial charge in [0, 0.05) is 95.7 Å². The van der Waals surface area contributed by atoms with Crippen molar-refractivity contribution in [3.8, 4) is 0 Å². The van der Waals surface area contributed by atoms with E-state index in [2.05, 4.69) is 65.7 Å². The average molecular weight is 908 g/mol. The van der Waals surface area contributed by atoms with Crippen molar-refractivity contribution in [3.05, 3.63) is 69.8 Å². The Morgan fingerprint density at radius 1 is 1.02 bits per heavy atom. The van der Waals surface area contributed by atoms with Crippen LogP contribution in [0.15, 0.2) is 36.5 Å². The van der Waals surface area contributed by atoms with Crippen molar-refractivity contribution in [2.75, 3.05) is 74.6 Å². The first-order valence-electron chi connectivity index (χ1n) is 23.3. The number of aromatic nitrogens is 4. The predicted octanol–water partition coefficient (Wildman–Crippen LogP) is 4.75. The number of imidazole rings is 1. The van der Waals surface area contributed by atoms with E-state index in [1.165, 1.54) is 16.0 Å². The van der Waals surface area contributed by atoms with Gasteiger partial charge in [0.25, 0.3) is 11.8 Å². The van der Waals surface area contributed by atoms with Crippen molar-refractivity contribution in [3.63, 3.8) is 0 Å². The maximum absolute atomic E-state index is 13.7. The quantitative estimate of drug-likeness (QED) is 0.162. The number of pyridine rings is 1. The lowest BCUT2D eigenvalue weighted by Crippen LogP contribution is -2.60. The molecule has 5 fully saturated rings. The number of carbonyl (C=O) groups is 4. The molecule has 0 radical (unpaired) electrons. The van der Waals surface area contributed by atoms with E-state index in [0.29, 0.717) is 46.8 Å². The second kappa shape index (κ2) is 17.5. The zero-order valence-electron chi connectivity index (χ0n) is 37.5. The number of anilines is 4. The van der Waals surface area contributed by atoms with E-state index in [-0.39, 0.29) is 66.5 Å². The minimum atomic E-state index is -0.553. The highest BCUT2D eigenvalue weighted by Gasteiger charge is 2.47. The second-order valence-electron chi connectivity index (χ2n) is 19.3. The van der Waals surface area contributed by atoms with Crippen molar-refractivity contribution in [1.29, 1.82) is 0 Å². The van der Waals surface area contributed by atoms with Crippen LogP contribution >= 0.6 is 11.6 Å².